The van der Waals surface area contributed by atoms with Gasteiger partial charge >= 0.3 is 5.69 Å². The standard InChI is InChI=1S/C27H25N7O4/c1-15-23-24(18-8-6-5-7-9-18)21(13-28)26(29)38-27(23)33(31-15)20-10-11-22(37-4)19(12-20)14-32-17(3)25(34(35)36)16(2)30-32/h5-12,24H,14,29H2,1-4H3. The van der Waals surface area contributed by atoms with Gasteiger partial charge < -0.3 is 15.2 Å². The van der Waals surface area contributed by atoms with E-state index in [2.05, 4.69) is 11.2 Å². The molecular weight excluding hydrogens is 486 g/mol. The van der Waals surface area contributed by atoms with Crippen LogP contribution in [0.4, 0.5) is 5.69 Å². The SMILES string of the molecule is COc1ccc(-n2nc(C)c3c2OC(N)=C(C#N)C3c2ccccc2)cc1Cn1nc(C)c([N+](=O)[O-])c1C. The molecule has 38 heavy (non-hydrogen) atoms. The molecule has 0 fully saturated rings. The second kappa shape index (κ2) is 9.40. The van der Waals surface area contributed by atoms with Crippen LogP contribution in [0.15, 0.2) is 60.0 Å². The third-order valence-electron chi connectivity index (χ3n) is 6.72. The van der Waals surface area contributed by atoms with Crippen molar-refractivity contribution in [2.75, 3.05) is 7.11 Å². The average Bonchev–Trinajstić information content (AvgIpc) is 3.38. The van der Waals surface area contributed by atoms with E-state index in [1.54, 1.807) is 36.4 Å². The van der Waals surface area contributed by atoms with Crippen molar-refractivity contribution in [2.45, 2.75) is 33.2 Å². The smallest absolute Gasteiger partial charge is 0.312 e. The highest BCUT2D eigenvalue weighted by atomic mass is 16.6. The van der Waals surface area contributed by atoms with Crippen molar-refractivity contribution >= 4 is 5.69 Å². The monoisotopic (exact) mass is 511 g/mol. The number of nitrogens with two attached hydrogens (primary N) is 1. The number of ether oxygens (including phenoxy) is 2. The normalized spacial score (nSPS) is 14.6. The molecule has 3 heterocycles. The van der Waals surface area contributed by atoms with Gasteiger partial charge in [0.25, 0.3) is 0 Å². The summed E-state index contributed by atoms with van der Waals surface area (Å²) in [5.74, 6) is 0.618. The van der Waals surface area contributed by atoms with E-state index in [0.717, 1.165) is 16.7 Å². The first-order chi connectivity index (χ1) is 18.2. The fourth-order valence-corrected chi connectivity index (χ4v) is 4.96. The van der Waals surface area contributed by atoms with Crippen molar-refractivity contribution in [3.63, 3.8) is 0 Å². The Morgan fingerprint density at radius 1 is 1.16 bits per heavy atom. The molecule has 0 saturated carbocycles. The fraction of sp³-hybridized carbons (Fsp3) is 0.222. The Morgan fingerprint density at radius 2 is 1.89 bits per heavy atom. The zero-order valence-corrected chi connectivity index (χ0v) is 21.3. The van der Waals surface area contributed by atoms with Crippen LogP contribution in [0.1, 0.15) is 39.7 Å². The number of nitriles is 1. The Balaban J connectivity index is 1.62. The highest BCUT2D eigenvalue weighted by molar-refractivity contribution is 5.58. The fourth-order valence-electron chi connectivity index (χ4n) is 4.96. The Hall–Kier alpha value is -5.11. The van der Waals surface area contributed by atoms with Gasteiger partial charge in [0.2, 0.25) is 11.8 Å². The highest BCUT2D eigenvalue weighted by Crippen LogP contribution is 2.44. The summed E-state index contributed by atoms with van der Waals surface area (Å²) in [5, 5.41) is 30.5. The lowest BCUT2D eigenvalue weighted by molar-refractivity contribution is -0.386. The van der Waals surface area contributed by atoms with Gasteiger partial charge in [-0.2, -0.15) is 15.5 Å². The number of aryl methyl sites for hydroxylation is 2. The molecule has 1 atom stereocenters. The summed E-state index contributed by atoms with van der Waals surface area (Å²) < 4.78 is 14.8. The minimum Gasteiger partial charge on any atom is -0.496 e. The van der Waals surface area contributed by atoms with E-state index in [9.17, 15) is 15.4 Å². The second-order valence-corrected chi connectivity index (χ2v) is 8.98. The minimum atomic E-state index is -0.424. The summed E-state index contributed by atoms with van der Waals surface area (Å²) in [6.07, 6.45) is 0. The molecule has 192 valence electrons. The third kappa shape index (κ3) is 3.92. The molecule has 0 amide bonds. The minimum absolute atomic E-state index is 0.00666. The Kier molecular flexibility index (Phi) is 6.08. The van der Waals surface area contributed by atoms with Crippen molar-refractivity contribution < 1.29 is 14.4 Å². The number of fused-ring (bicyclic) bond motifs is 1. The average molecular weight is 512 g/mol. The summed E-state index contributed by atoms with van der Waals surface area (Å²) in [6, 6.07) is 17.3. The molecule has 2 aromatic heterocycles. The van der Waals surface area contributed by atoms with Crippen LogP contribution in [0.2, 0.25) is 0 Å². The summed E-state index contributed by atoms with van der Waals surface area (Å²) in [6.45, 7) is 5.39. The predicted octanol–water partition coefficient (Wildman–Crippen LogP) is 4.18. The van der Waals surface area contributed by atoms with Crippen LogP contribution in [0.25, 0.3) is 5.69 Å². The number of allylic oxidation sites excluding steroid dienone is 1. The van der Waals surface area contributed by atoms with Gasteiger partial charge in [0.1, 0.15) is 28.8 Å². The van der Waals surface area contributed by atoms with E-state index in [1.807, 2.05) is 49.4 Å². The lowest BCUT2D eigenvalue weighted by Gasteiger charge is -2.25. The molecule has 1 aliphatic rings. The zero-order valence-electron chi connectivity index (χ0n) is 21.3. The van der Waals surface area contributed by atoms with Gasteiger partial charge in [0.05, 0.1) is 41.4 Å². The highest BCUT2D eigenvalue weighted by Gasteiger charge is 2.36. The van der Waals surface area contributed by atoms with E-state index in [-0.39, 0.29) is 18.1 Å². The van der Waals surface area contributed by atoms with Gasteiger partial charge in [-0.3, -0.25) is 14.8 Å². The summed E-state index contributed by atoms with van der Waals surface area (Å²) in [4.78, 5) is 11.1. The van der Waals surface area contributed by atoms with Gasteiger partial charge in [0, 0.05) is 5.56 Å². The number of aromatic nitrogens is 4. The maximum absolute atomic E-state index is 11.5. The van der Waals surface area contributed by atoms with E-state index < -0.39 is 10.8 Å². The van der Waals surface area contributed by atoms with Crippen molar-refractivity contribution in [2.24, 2.45) is 5.73 Å². The number of benzene rings is 2. The molecule has 11 heteroatoms. The van der Waals surface area contributed by atoms with Crippen molar-refractivity contribution in [3.05, 3.63) is 104 Å². The first-order valence-corrected chi connectivity index (χ1v) is 11.8. The van der Waals surface area contributed by atoms with E-state index in [1.165, 1.54) is 0 Å². The van der Waals surface area contributed by atoms with Gasteiger partial charge in [-0.15, -0.1) is 0 Å². The molecular formula is C27H25N7O4. The topological polar surface area (TPSA) is 147 Å². The van der Waals surface area contributed by atoms with Crippen LogP contribution in [0.5, 0.6) is 11.6 Å². The number of hydrogen-bond donors (Lipinski definition) is 1. The van der Waals surface area contributed by atoms with Crippen LogP contribution < -0.4 is 15.2 Å². The van der Waals surface area contributed by atoms with Crippen molar-refractivity contribution in [1.82, 2.24) is 19.6 Å². The second-order valence-electron chi connectivity index (χ2n) is 8.98. The largest absolute Gasteiger partial charge is 0.496 e. The number of methoxy groups -OCH3 is 1. The molecule has 0 radical (unpaired) electrons. The molecule has 0 bridgehead atoms. The molecule has 5 rings (SSSR count). The lowest BCUT2D eigenvalue weighted by atomic mass is 9.84. The van der Waals surface area contributed by atoms with Crippen molar-refractivity contribution in [3.8, 4) is 23.4 Å². The van der Waals surface area contributed by atoms with Crippen LogP contribution in [0.3, 0.4) is 0 Å². The van der Waals surface area contributed by atoms with Gasteiger partial charge in [-0.25, -0.2) is 4.68 Å². The van der Waals surface area contributed by atoms with E-state index in [4.69, 9.17) is 20.3 Å². The Bertz CT molecular complexity index is 1640. The summed E-state index contributed by atoms with van der Waals surface area (Å²) in [7, 11) is 1.56. The van der Waals surface area contributed by atoms with Gasteiger partial charge in [0.15, 0.2) is 0 Å². The van der Waals surface area contributed by atoms with Crippen LogP contribution >= 0.6 is 0 Å². The first-order valence-electron chi connectivity index (χ1n) is 11.8. The molecule has 0 saturated heterocycles. The summed E-state index contributed by atoms with van der Waals surface area (Å²) >= 11 is 0. The first kappa shape index (κ1) is 24.6. The van der Waals surface area contributed by atoms with E-state index >= 15 is 0 Å². The Labute approximate surface area is 218 Å². The van der Waals surface area contributed by atoms with Gasteiger partial charge in [-0.1, -0.05) is 30.3 Å². The third-order valence-corrected chi connectivity index (χ3v) is 6.72. The Morgan fingerprint density at radius 3 is 2.53 bits per heavy atom. The van der Waals surface area contributed by atoms with Crippen LogP contribution in [0, 0.1) is 42.2 Å². The lowest BCUT2D eigenvalue weighted by Crippen LogP contribution is -2.22. The van der Waals surface area contributed by atoms with E-state index in [0.29, 0.717) is 40.0 Å². The number of nitrogens with zero attached hydrogens (tertiary/aromatic N) is 6. The molecule has 11 nitrogen and oxygen atoms in total. The number of rotatable bonds is 6. The molecule has 1 aliphatic heterocycles. The van der Waals surface area contributed by atoms with Crippen LogP contribution in [-0.2, 0) is 6.54 Å². The molecule has 0 spiro atoms. The van der Waals surface area contributed by atoms with Crippen LogP contribution in [-0.4, -0.2) is 31.6 Å². The summed E-state index contributed by atoms with van der Waals surface area (Å²) in [5.41, 5.74) is 11.1. The number of nitro groups is 1. The maximum atomic E-state index is 11.5. The quantitative estimate of drug-likeness (QED) is 0.300. The molecule has 0 aliphatic carbocycles. The predicted molar refractivity (Wildman–Crippen MR) is 138 cm³/mol. The zero-order chi connectivity index (χ0) is 27.1. The molecule has 2 aromatic carbocycles. The molecule has 4 aromatic rings. The number of hydrogen-bond acceptors (Lipinski definition) is 8. The molecule has 1 unspecified atom stereocenters. The maximum Gasteiger partial charge on any atom is 0.312 e. The van der Waals surface area contributed by atoms with Gasteiger partial charge in [-0.05, 0) is 44.5 Å². The molecule has 2 N–H and O–H groups in total. The van der Waals surface area contributed by atoms with Crippen molar-refractivity contribution in [1.29, 1.82) is 5.26 Å².